The topological polar surface area (TPSA) is 46.6 Å². The molecule has 1 aliphatic heterocycles. The van der Waals surface area contributed by atoms with Crippen molar-refractivity contribution in [1.29, 1.82) is 0 Å². The Morgan fingerprint density at radius 2 is 1.95 bits per heavy atom. The lowest BCUT2D eigenvalue weighted by atomic mass is 10.0. The van der Waals surface area contributed by atoms with Crippen molar-refractivity contribution >= 4 is 21.6 Å². The van der Waals surface area contributed by atoms with Gasteiger partial charge >= 0.3 is 0 Å². The van der Waals surface area contributed by atoms with E-state index in [1.165, 1.54) is 13.5 Å². The Hall–Kier alpha value is -0.780. The van der Waals surface area contributed by atoms with E-state index in [1.807, 2.05) is 0 Å². The summed E-state index contributed by atoms with van der Waals surface area (Å²) in [7, 11) is -1.99. The molecule has 0 radical (unpaired) electrons. The molecule has 6 heteroatoms. The van der Waals surface area contributed by atoms with Crippen molar-refractivity contribution < 1.29 is 13.2 Å². The van der Waals surface area contributed by atoms with Crippen LogP contribution in [0.25, 0.3) is 0 Å². The van der Waals surface area contributed by atoms with Crippen LogP contribution >= 0.6 is 11.6 Å². The van der Waals surface area contributed by atoms with Crippen LogP contribution in [0.1, 0.15) is 24.8 Å². The van der Waals surface area contributed by atoms with Gasteiger partial charge in [0.1, 0.15) is 10.6 Å². The molecule has 0 bridgehead atoms. The highest BCUT2D eigenvalue weighted by Crippen LogP contribution is 2.40. The Kier molecular flexibility index (Phi) is 4.17. The van der Waals surface area contributed by atoms with Gasteiger partial charge in [-0.05, 0) is 42.4 Å². The molecule has 0 amide bonds. The maximum absolute atomic E-state index is 12.9. The molecule has 0 spiro atoms. The minimum atomic E-state index is -3.48. The zero-order valence-corrected chi connectivity index (χ0v) is 13.7. The second-order valence-corrected chi connectivity index (χ2v) is 8.07. The summed E-state index contributed by atoms with van der Waals surface area (Å²) in [6.07, 6.45) is 3.54. The van der Waals surface area contributed by atoms with E-state index in [1.54, 1.807) is 22.5 Å². The maximum Gasteiger partial charge on any atom is 0.246 e. The molecule has 2 unspecified atom stereocenters. The van der Waals surface area contributed by atoms with E-state index in [0.29, 0.717) is 36.6 Å². The molecule has 0 N–H and O–H groups in total. The normalized spacial score (nSPS) is 26.0. The molecule has 2 aliphatic rings. The predicted molar refractivity (Wildman–Crippen MR) is 82.1 cm³/mol. The number of nitrogens with zero attached hydrogens (tertiary/aromatic N) is 1. The summed E-state index contributed by atoms with van der Waals surface area (Å²) in [6, 6.07) is 5.07. The number of alkyl halides is 1. The van der Waals surface area contributed by atoms with Gasteiger partial charge in [-0.25, -0.2) is 8.42 Å². The molecular weight excluding hydrogens is 310 g/mol. The molecule has 1 saturated heterocycles. The van der Waals surface area contributed by atoms with Crippen LogP contribution in [0.2, 0.25) is 0 Å². The lowest BCUT2D eigenvalue weighted by Crippen LogP contribution is -2.30. The molecule has 2 fully saturated rings. The minimum absolute atomic E-state index is 0.249. The van der Waals surface area contributed by atoms with E-state index in [2.05, 4.69) is 0 Å². The summed E-state index contributed by atoms with van der Waals surface area (Å²) in [5, 5.41) is 0. The van der Waals surface area contributed by atoms with Crippen LogP contribution in [0.5, 0.6) is 5.75 Å². The third-order valence-electron chi connectivity index (χ3n) is 4.69. The fourth-order valence-corrected chi connectivity index (χ4v) is 5.39. The number of methoxy groups -OCH3 is 1. The fraction of sp³-hybridized carbons (Fsp3) is 0.600. The molecule has 1 heterocycles. The van der Waals surface area contributed by atoms with Crippen LogP contribution in [-0.4, -0.2) is 32.9 Å². The van der Waals surface area contributed by atoms with Gasteiger partial charge in [0.2, 0.25) is 10.0 Å². The fourth-order valence-electron chi connectivity index (χ4n) is 3.54. The number of sulfonamides is 1. The standard InChI is InChI=1S/C15H20ClNO3S/c1-20-14-7-11(8-16)5-6-15(14)21(18,19)17-9-12-3-2-4-13(12)10-17/h5-7,12-13H,2-4,8-10H2,1H3. The number of fused-ring (bicyclic) bond motifs is 1. The van der Waals surface area contributed by atoms with Gasteiger partial charge in [0, 0.05) is 19.0 Å². The van der Waals surface area contributed by atoms with Gasteiger partial charge in [-0.1, -0.05) is 12.5 Å². The molecule has 116 valence electrons. The summed E-state index contributed by atoms with van der Waals surface area (Å²) in [5.41, 5.74) is 0.853. The average Bonchev–Trinajstić information content (AvgIpc) is 3.08. The van der Waals surface area contributed by atoms with Gasteiger partial charge in [0.05, 0.1) is 7.11 Å². The third-order valence-corrected chi connectivity index (χ3v) is 6.87. The van der Waals surface area contributed by atoms with E-state index < -0.39 is 10.0 Å². The van der Waals surface area contributed by atoms with Gasteiger partial charge in [-0.3, -0.25) is 0 Å². The van der Waals surface area contributed by atoms with E-state index in [-0.39, 0.29) is 4.90 Å². The van der Waals surface area contributed by atoms with Crippen molar-refractivity contribution in [1.82, 2.24) is 4.31 Å². The van der Waals surface area contributed by atoms with Crippen molar-refractivity contribution in [3.63, 3.8) is 0 Å². The van der Waals surface area contributed by atoms with Gasteiger partial charge in [-0.2, -0.15) is 4.31 Å². The first kappa shape index (κ1) is 15.1. The van der Waals surface area contributed by atoms with Crippen LogP contribution in [0.15, 0.2) is 23.1 Å². The van der Waals surface area contributed by atoms with E-state index >= 15 is 0 Å². The number of ether oxygens (including phenoxy) is 1. The van der Waals surface area contributed by atoms with Crippen LogP contribution in [0.4, 0.5) is 0 Å². The number of rotatable bonds is 4. The second-order valence-electron chi connectivity index (χ2n) is 5.89. The van der Waals surface area contributed by atoms with Crippen LogP contribution in [0.3, 0.4) is 0 Å². The lowest BCUT2D eigenvalue weighted by molar-refractivity contribution is 0.395. The monoisotopic (exact) mass is 329 g/mol. The van der Waals surface area contributed by atoms with Gasteiger partial charge in [0.15, 0.2) is 0 Å². The molecule has 1 aromatic carbocycles. The molecule has 21 heavy (non-hydrogen) atoms. The Morgan fingerprint density at radius 3 is 2.52 bits per heavy atom. The Morgan fingerprint density at radius 1 is 1.29 bits per heavy atom. The number of halogens is 1. The highest BCUT2D eigenvalue weighted by Gasteiger charge is 2.42. The number of hydrogen-bond acceptors (Lipinski definition) is 3. The first-order valence-electron chi connectivity index (χ1n) is 7.29. The highest BCUT2D eigenvalue weighted by molar-refractivity contribution is 7.89. The molecule has 1 saturated carbocycles. The van der Waals surface area contributed by atoms with E-state index in [4.69, 9.17) is 16.3 Å². The van der Waals surface area contributed by atoms with Crippen molar-refractivity contribution in [2.24, 2.45) is 11.8 Å². The van der Waals surface area contributed by atoms with E-state index in [9.17, 15) is 8.42 Å². The molecule has 1 aromatic rings. The summed E-state index contributed by atoms with van der Waals surface area (Å²) in [4.78, 5) is 0.249. The van der Waals surface area contributed by atoms with Crippen LogP contribution in [-0.2, 0) is 15.9 Å². The number of hydrogen-bond donors (Lipinski definition) is 0. The highest BCUT2D eigenvalue weighted by atomic mass is 35.5. The summed E-state index contributed by atoms with van der Waals surface area (Å²) in [6.45, 7) is 1.29. The quantitative estimate of drug-likeness (QED) is 0.798. The predicted octanol–water partition coefficient (Wildman–Crippen LogP) is 2.85. The first-order valence-corrected chi connectivity index (χ1v) is 9.26. The molecule has 3 rings (SSSR count). The van der Waals surface area contributed by atoms with Crippen molar-refractivity contribution in [3.05, 3.63) is 23.8 Å². The van der Waals surface area contributed by atoms with Crippen molar-refractivity contribution in [2.45, 2.75) is 30.0 Å². The molecule has 2 atom stereocenters. The van der Waals surface area contributed by atoms with E-state index in [0.717, 1.165) is 18.4 Å². The Bertz CT molecular complexity index is 620. The summed E-state index contributed by atoms with van der Waals surface area (Å²) < 4.78 is 32.6. The minimum Gasteiger partial charge on any atom is -0.495 e. The maximum atomic E-state index is 12.9. The zero-order valence-electron chi connectivity index (χ0n) is 12.1. The zero-order chi connectivity index (χ0) is 15.0. The van der Waals surface area contributed by atoms with Gasteiger partial charge in [0.25, 0.3) is 0 Å². The lowest BCUT2D eigenvalue weighted by Gasteiger charge is -2.19. The summed E-state index contributed by atoms with van der Waals surface area (Å²) in [5.74, 6) is 1.79. The molecule has 1 aliphatic carbocycles. The second kappa shape index (κ2) is 5.78. The smallest absolute Gasteiger partial charge is 0.246 e. The van der Waals surface area contributed by atoms with Gasteiger partial charge in [-0.15, -0.1) is 11.6 Å². The summed E-state index contributed by atoms with van der Waals surface area (Å²) >= 11 is 5.80. The molecule has 0 aromatic heterocycles. The van der Waals surface area contributed by atoms with Crippen LogP contribution < -0.4 is 4.74 Å². The van der Waals surface area contributed by atoms with Crippen molar-refractivity contribution in [3.8, 4) is 5.75 Å². The largest absolute Gasteiger partial charge is 0.495 e. The Labute approximate surface area is 131 Å². The molecular formula is C15H20ClNO3S. The molecule has 4 nitrogen and oxygen atoms in total. The van der Waals surface area contributed by atoms with Crippen molar-refractivity contribution in [2.75, 3.05) is 20.2 Å². The SMILES string of the molecule is COc1cc(CCl)ccc1S(=O)(=O)N1CC2CCCC2C1. The first-order chi connectivity index (χ1) is 10.1. The Balaban J connectivity index is 1.92. The van der Waals surface area contributed by atoms with Gasteiger partial charge < -0.3 is 4.74 Å². The average molecular weight is 330 g/mol. The third kappa shape index (κ3) is 2.67. The van der Waals surface area contributed by atoms with Crippen LogP contribution in [0, 0.1) is 11.8 Å². The number of benzene rings is 1.